The number of amides is 2. The van der Waals surface area contributed by atoms with Gasteiger partial charge in [0.2, 0.25) is 17.3 Å². The van der Waals surface area contributed by atoms with Crippen molar-refractivity contribution in [3.63, 3.8) is 0 Å². The maximum atomic E-state index is 12.5. The van der Waals surface area contributed by atoms with E-state index in [9.17, 15) is 9.59 Å². The van der Waals surface area contributed by atoms with E-state index in [1.54, 1.807) is 18.3 Å². The fourth-order valence-corrected chi connectivity index (χ4v) is 3.97. The van der Waals surface area contributed by atoms with Gasteiger partial charge >= 0.3 is 0 Å². The number of aromatic nitrogens is 2. The summed E-state index contributed by atoms with van der Waals surface area (Å²) in [7, 11) is 2.02. The van der Waals surface area contributed by atoms with Gasteiger partial charge in [-0.05, 0) is 32.0 Å². The lowest BCUT2D eigenvalue weighted by atomic mass is 10.1. The molecule has 0 bridgehead atoms. The molecule has 2 fully saturated rings. The van der Waals surface area contributed by atoms with Gasteiger partial charge in [0, 0.05) is 44.3 Å². The van der Waals surface area contributed by atoms with Gasteiger partial charge in [0.05, 0.1) is 18.6 Å². The number of carbonyl (C=O) groups excluding carboxylic acids is 2. The van der Waals surface area contributed by atoms with Gasteiger partial charge in [0.1, 0.15) is 0 Å². The van der Waals surface area contributed by atoms with Crippen molar-refractivity contribution in [2.75, 3.05) is 39.9 Å². The minimum Gasteiger partial charge on any atom is -0.378 e. The third-order valence-corrected chi connectivity index (χ3v) is 5.72. The zero-order chi connectivity index (χ0) is 19.5. The summed E-state index contributed by atoms with van der Waals surface area (Å²) in [4.78, 5) is 33.2. The van der Waals surface area contributed by atoms with Crippen LogP contribution in [-0.4, -0.2) is 83.7 Å². The summed E-state index contributed by atoms with van der Waals surface area (Å²) in [6, 6.07) is 3.91. The fourth-order valence-electron chi connectivity index (χ4n) is 3.97. The first-order valence-electron chi connectivity index (χ1n) is 9.69. The molecule has 1 N–H and O–H groups in total. The van der Waals surface area contributed by atoms with Crippen LogP contribution in [0.5, 0.6) is 0 Å². The van der Waals surface area contributed by atoms with Crippen molar-refractivity contribution >= 4 is 22.8 Å². The molecule has 2 saturated heterocycles. The van der Waals surface area contributed by atoms with E-state index in [4.69, 9.17) is 9.26 Å². The van der Waals surface area contributed by atoms with Crippen LogP contribution in [0.3, 0.4) is 0 Å². The molecule has 4 rings (SSSR count). The summed E-state index contributed by atoms with van der Waals surface area (Å²) in [6.45, 7) is 3.09. The third kappa shape index (κ3) is 3.85. The van der Waals surface area contributed by atoms with E-state index in [1.165, 1.54) is 0 Å². The molecule has 9 heteroatoms. The van der Waals surface area contributed by atoms with E-state index in [0.29, 0.717) is 50.3 Å². The van der Waals surface area contributed by atoms with E-state index in [2.05, 4.69) is 20.4 Å². The molecule has 0 aromatic carbocycles. The molecule has 2 aliphatic rings. The molecule has 0 aliphatic carbocycles. The van der Waals surface area contributed by atoms with E-state index < -0.39 is 0 Å². The lowest BCUT2D eigenvalue weighted by Crippen LogP contribution is -2.45. The number of nitrogens with one attached hydrogen (secondary N) is 1. The number of fused-ring (bicyclic) bond motifs is 1. The number of rotatable bonds is 5. The number of nitrogens with zero attached hydrogens (tertiary/aromatic N) is 4. The second-order valence-corrected chi connectivity index (χ2v) is 7.34. The Hall–Kier alpha value is -2.52. The number of hydrogen-bond donors (Lipinski definition) is 1. The lowest BCUT2D eigenvalue weighted by Gasteiger charge is -2.30. The maximum absolute atomic E-state index is 12.5. The van der Waals surface area contributed by atoms with Crippen LogP contribution in [0.4, 0.5) is 0 Å². The first-order chi connectivity index (χ1) is 13.6. The summed E-state index contributed by atoms with van der Waals surface area (Å²) in [5.74, 6) is 0.0741. The summed E-state index contributed by atoms with van der Waals surface area (Å²) in [6.07, 6.45) is 4.01. The molecule has 0 radical (unpaired) electrons. The van der Waals surface area contributed by atoms with E-state index >= 15 is 0 Å². The van der Waals surface area contributed by atoms with Gasteiger partial charge in [-0.2, -0.15) is 0 Å². The Bertz CT molecular complexity index is 848. The van der Waals surface area contributed by atoms with Crippen LogP contribution in [0.1, 0.15) is 29.8 Å². The molecule has 0 unspecified atom stereocenters. The van der Waals surface area contributed by atoms with E-state index in [-0.39, 0.29) is 29.7 Å². The highest BCUT2D eigenvalue weighted by molar-refractivity contribution is 6.02. The van der Waals surface area contributed by atoms with Crippen molar-refractivity contribution < 1.29 is 18.8 Å². The molecular formula is C19H25N5O4. The Kier molecular flexibility index (Phi) is 5.54. The Morgan fingerprint density at radius 2 is 2.04 bits per heavy atom. The molecule has 28 heavy (non-hydrogen) atoms. The molecule has 9 nitrogen and oxygen atoms in total. The largest absolute Gasteiger partial charge is 0.378 e. The van der Waals surface area contributed by atoms with Crippen molar-refractivity contribution in [3.8, 4) is 0 Å². The molecule has 2 atom stereocenters. The summed E-state index contributed by atoms with van der Waals surface area (Å²) < 4.78 is 10.5. The SMILES string of the molecule is CN1[C@@H](CC(=O)N2CCOCC2)CC[C@H]1CNC(=O)c1onc2ncccc12. The number of ether oxygens (including phenoxy) is 1. The number of carbonyl (C=O) groups is 2. The number of likely N-dealkylation sites (N-methyl/N-ethyl adjacent to an activating group) is 1. The average molecular weight is 387 g/mol. The number of hydrogen-bond acceptors (Lipinski definition) is 7. The molecule has 2 aliphatic heterocycles. The lowest BCUT2D eigenvalue weighted by molar-refractivity contribution is -0.136. The zero-order valence-electron chi connectivity index (χ0n) is 16.0. The van der Waals surface area contributed by atoms with Crippen LogP contribution in [0.25, 0.3) is 11.0 Å². The normalized spacial score (nSPS) is 23.2. The maximum Gasteiger partial charge on any atom is 0.290 e. The molecule has 2 aromatic rings. The fraction of sp³-hybridized carbons (Fsp3) is 0.579. The predicted molar refractivity (Wildman–Crippen MR) is 101 cm³/mol. The van der Waals surface area contributed by atoms with Crippen LogP contribution in [-0.2, 0) is 9.53 Å². The van der Waals surface area contributed by atoms with Crippen molar-refractivity contribution in [2.24, 2.45) is 0 Å². The molecule has 2 aromatic heterocycles. The minimum atomic E-state index is -0.295. The van der Waals surface area contributed by atoms with Gasteiger partial charge in [0.25, 0.3) is 5.91 Å². The van der Waals surface area contributed by atoms with Gasteiger partial charge in [-0.3, -0.25) is 14.5 Å². The van der Waals surface area contributed by atoms with E-state index in [1.807, 2.05) is 11.9 Å². The number of pyridine rings is 1. The molecule has 2 amide bonds. The summed E-state index contributed by atoms with van der Waals surface area (Å²) in [5.41, 5.74) is 0.423. The predicted octanol–water partition coefficient (Wildman–Crippen LogP) is 0.664. The second-order valence-electron chi connectivity index (χ2n) is 7.34. The van der Waals surface area contributed by atoms with Crippen molar-refractivity contribution in [1.82, 2.24) is 25.3 Å². The third-order valence-electron chi connectivity index (χ3n) is 5.72. The monoisotopic (exact) mass is 387 g/mol. The molecular weight excluding hydrogens is 362 g/mol. The van der Waals surface area contributed by atoms with Gasteiger partial charge in [-0.15, -0.1) is 0 Å². The minimum absolute atomic E-state index is 0.183. The van der Waals surface area contributed by atoms with Crippen LogP contribution in [0.2, 0.25) is 0 Å². The number of likely N-dealkylation sites (tertiary alicyclic amines) is 1. The highest BCUT2D eigenvalue weighted by Crippen LogP contribution is 2.25. The van der Waals surface area contributed by atoms with E-state index in [0.717, 1.165) is 12.8 Å². The van der Waals surface area contributed by atoms with Gasteiger partial charge in [-0.1, -0.05) is 5.16 Å². The van der Waals surface area contributed by atoms with Gasteiger partial charge in [0.15, 0.2) is 0 Å². The molecule has 0 spiro atoms. The van der Waals surface area contributed by atoms with Crippen LogP contribution in [0.15, 0.2) is 22.9 Å². The first kappa shape index (κ1) is 18.8. The topological polar surface area (TPSA) is 101 Å². The summed E-state index contributed by atoms with van der Waals surface area (Å²) >= 11 is 0. The smallest absolute Gasteiger partial charge is 0.290 e. The highest BCUT2D eigenvalue weighted by Gasteiger charge is 2.33. The Morgan fingerprint density at radius 1 is 1.25 bits per heavy atom. The quantitative estimate of drug-likeness (QED) is 0.804. The van der Waals surface area contributed by atoms with Gasteiger partial charge < -0.3 is 19.5 Å². The first-order valence-corrected chi connectivity index (χ1v) is 9.69. The van der Waals surface area contributed by atoms with Crippen molar-refractivity contribution in [1.29, 1.82) is 0 Å². The number of morpholine rings is 1. The second kappa shape index (κ2) is 8.24. The molecule has 150 valence electrons. The average Bonchev–Trinajstić information content (AvgIpc) is 3.31. The Labute approximate surface area is 163 Å². The molecule has 4 heterocycles. The summed E-state index contributed by atoms with van der Waals surface area (Å²) in [5, 5.41) is 7.35. The molecule has 0 saturated carbocycles. The van der Waals surface area contributed by atoms with Crippen LogP contribution >= 0.6 is 0 Å². The van der Waals surface area contributed by atoms with Crippen LogP contribution < -0.4 is 5.32 Å². The Morgan fingerprint density at radius 3 is 2.86 bits per heavy atom. The van der Waals surface area contributed by atoms with Crippen molar-refractivity contribution in [2.45, 2.75) is 31.3 Å². The standard InChI is InChI=1S/C19H25N5O4/c1-23-13(11-16(25)24-7-9-27-10-8-24)4-5-14(23)12-21-19(26)17-15-3-2-6-20-18(15)22-28-17/h2-3,6,13-14H,4-5,7-12H2,1H3,(H,21,26)/t13-,14+/m1/s1. The zero-order valence-corrected chi connectivity index (χ0v) is 16.0. The highest BCUT2D eigenvalue weighted by atomic mass is 16.5. The van der Waals surface area contributed by atoms with Crippen molar-refractivity contribution in [3.05, 3.63) is 24.1 Å². The Balaban J connectivity index is 1.29. The van der Waals surface area contributed by atoms with Crippen LogP contribution in [0, 0.1) is 0 Å². The van der Waals surface area contributed by atoms with Gasteiger partial charge in [-0.25, -0.2) is 4.98 Å².